The standard InChI is InChI=1S/C13H14ClN3O3S/c1-20-9-6-7-10(14)12(8-9)17-21(18,19)13-5-3-2-4-11(13)16-15/h2-8,16-17H,15H2,1H3. The van der Waals surface area contributed by atoms with Crippen molar-refractivity contribution in [1.29, 1.82) is 0 Å². The fourth-order valence-corrected chi connectivity index (χ4v) is 3.19. The van der Waals surface area contributed by atoms with Crippen molar-refractivity contribution in [2.75, 3.05) is 17.3 Å². The topological polar surface area (TPSA) is 93.4 Å². The first-order chi connectivity index (χ1) is 9.97. The van der Waals surface area contributed by atoms with Gasteiger partial charge >= 0.3 is 0 Å². The Morgan fingerprint density at radius 3 is 2.52 bits per heavy atom. The Morgan fingerprint density at radius 1 is 1.14 bits per heavy atom. The third-order valence-electron chi connectivity index (χ3n) is 2.75. The summed E-state index contributed by atoms with van der Waals surface area (Å²) in [5.41, 5.74) is 2.85. The number of nitrogens with one attached hydrogen (secondary N) is 2. The number of nitrogen functional groups attached to an aromatic ring is 1. The number of ether oxygens (including phenoxy) is 1. The van der Waals surface area contributed by atoms with Gasteiger partial charge in [0.15, 0.2) is 0 Å². The third-order valence-corrected chi connectivity index (χ3v) is 4.50. The van der Waals surface area contributed by atoms with Gasteiger partial charge in [-0.2, -0.15) is 0 Å². The highest BCUT2D eigenvalue weighted by Crippen LogP contribution is 2.30. The molecule has 0 heterocycles. The second kappa shape index (κ2) is 6.21. The number of hydrazine groups is 1. The molecule has 0 atom stereocenters. The van der Waals surface area contributed by atoms with Crippen LogP contribution in [-0.2, 0) is 10.0 Å². The monoisotopic (exact) mass is 327 g/mol. The number of halogens is 1. The van der Waals surface area contributed by atoms with Gasteiger partial charge in [0.1, 0.15) is 10.6 Å². The van der Waals surface area contributed by atoms with Gasteiger partial charge in [0, 0.05) is 6.07 Å². The lowest BCUT2D eigenvalue weighted by atomic mass is 10.3. The Bertz CT molecular complexity index is 750. The van der Waals surface area contributed by atoms with E-state index >= 15 is 0 Å². The van der Waals surface area contributed by atoms with Gasteiger partial charge in [0.05, 0.1) is 23.5 Å². The van der Waals surface area contributed by atoms with Gasteiger partial charge in [-0.25, -0.2) is 8.42 Å². The summed E-state index contributed by atoms with van der Waals surface area (Å²) in [5, 5.41) is 0.262. The first-order valence-corrected chi connectivity index (χ1v) is 7.76. The number of hydrogen-bond donors (Lipinski definition) is 3. The average Bonchev–Trinajstić information content (AvgIpc) is 2.49. The predicted molar refractivity (Wildman–Crippen MR) is 83.1 cm³/mol. The van der Waals surface area contributed by atoms with Crippen molar-refractivity contribution in [3.63, 3.8) is 0 Å². The molecule has 0 aliphatic rings. The summed E-state index contributed by atoms with van der Waals surface area (Å²) < 4.78 is 32.3. The van der Waals surface area contributed by atoms with Crippen LogP contribution in [0.4, 0.5) is 11.4 Å². The van der Waals surface area contributed by atoms with E-state index in [0.717, 1.165) is 0 Å². The molecule has 21 heavy (non-hydrogen) atoms. The van der Waals surface area contributed by atoms with E-state index in [2.05, 4.69) is 10.1 Å². The van der Waals surface area contributed by atoms with Crippen LogP contribution in [0, 0.1) is 0 Å². The molecule has 0 saturated carbocycles. The maximum absolute atomic E-state index is 12.4. The molecule has 2 rings (SSSR count). The Balaban J connectivity index is 2.42. The van der Waals surface area contributed by atoms with Crippen LogP contribution in [0.25, 0.3) is 0 Å². The van der Waals surface area contributed by atoms with E-state index in [9.17, 15) is 8.42 Å². The number of anilines is 2. The summed E-state index contributed by atoms with van der Waals surface area (Å²) in [6.45, 7) is 0. The molecule has 0 aliphatic heterocycles. The van der Waals surface area contributed by atoms with Crippen molar-refractivity contribution in [1.82, 2.24) is 0 Å². The fourth-order valence-electron chi connectivity index (χ4n) is 1.73. The Labute approximate surface area is 127 Å². The molecule has 112 valence electrons. The number of rotatable bonds is 5. The van der Waals surface area contributed by atoms with Crippen molar-refractivity contribution in [2.24, 2.45) is 5.84 Å². The van der Waals surface area contributed by atoms with Crippen LogP contribution >= 0.6 is 11.6 Å². The van der Waals surface area contributed by atoms with Gasteiger partial charge in [0.2, 0.25) is 0 Å². The van der Waals surface area contributed by atoms with Crippen LogP contribution in [0.1, 0.15) is 0 Å². The second-order valence-electron chi connectivity index (χ2n) is 4.09. The van der Waals surface area contributed by atoms with Crippen molar-refractivity contribution < 1.29 is 13.2 Å². The molecular formula is C13H14ClN3O3S. The van der Waals surface area contributed by atoms with Crippen LogP contribution in [0.15, 0.2) is 47.4 Å². The van der Waals surface area contributed by atoms with E-state index in [0.29, 0.717) is 5.75 Å². The van der Waals surface area contributed by atoms with Crippen LogP contribution in [0.5, 0.6) is 5.75 Å². The van der Waals surface area contributed by atoms with E-state index < -0.39 is 10.0 Å². The summed E-state index contributed by atoms with van der Waals surface area (Å²) in [6.07, 6.45) is 0. The van der Waals surface area contributed by atoms with Gasteiger partial charge in [-0.1, -0.05) is 23.7 Å². The molecule has 4 N–H and O–H groups in total. The van der Waals surface area contributed by atoms with Crippen LogP contribution < -0.4 is 20.7 Å². The van der Waals surface area contributed by atoms with Crippen molar-refractivity contribution in [3.05, 3.63) is 47.5 Å². The van der Waals surface area contributed by atoms with Crippen molar-refractivity contribution in [2.45, 2.75) is 4.90 Å². The molecule has 0 aromatic heterocycles. The lowest BCUT2D eigenvalue weighted by Crippen LogP contribution is -2.17. The lowest BCUT2D eigenvalue weighted by Gasteiger charge is -2.13. The zero-order valence-electron chi connectivity index (χ0n) is 11.1. The van der Waals surface area contributed by atoms with Gasteiger partial charge in [0.25, 0.3) is 10.0 Å². The van der Waals surface area contributed by atoms with E-state index in [1.54, 1.807) is 30.3 Å². The number of hydrogen-bond acceptors (Lipinski definition) is 5. The highest BCUT2D eigenvalue weighted by Gasteiger charge is 2.19. The first-order valence-electron chi connectivity index (χ1n) is 5.90. The second-order valence-corrected chi connectivity index (χ2v) is 6.15. The highest BCUT2D eigenvalue weighted by molar-refractivity contribution is 7.92. The molecule has 0 spiro atoms. The number of methoxy groups -OCH3 is 1. The van der Waals surface area contributed by atoms with Gasteiger partial charge < -0.3 is 10.2 Å². The largest absolute Gasteiger partial charge is 0.497 e. The van der Waals surface area contributed by atoms with Crippen molar-refractivity contribution >= 4 is 33.0 Å². The Kier molecular flexibility index (Phi) is 4.56. The summed E-state index contributed by atoms with van der Waals surface area (Å²) in [7, 11) is -2.35. The molecule has 0 amide bonds. The summed E-state index contributed by atoms with van der Waals surface area (Å²) in [5.74, 6) is 5.82. The molecule has 0 bridgehead atoms. The number of sulfonamides is 1. The van der Waals surface area contributed by atoms with Crippen LogP contribution in [0.2, 0.25) is 5.02 Å². The number of benzene rings is 2. The minimum Gasteiger partial charge on any atom is -0.497 e. The normalized spacial score (nSPS) is 11.0. The number of para-hydroxylation sites is 1. The molecule has 2 aromatic carbocycles. The molecule has 8 heteroatoms. The minimum atomic E-state index is -3.84. The predicted octanol–water partition coefficient (Wildman–Crippen LogP) is 2.43. The smallest absolute Gasteiger partial charge is 0.264 e. The third kappa shape index (κ3) is 3.38. The summed E-state index contributed by atoms with van der Waals surface area (Å²) in [4.78, 5) is 0.0198. The lowest BCUT2D eigenvalue weighted by molar-refractivity contribution is 0.415. The molecule has 0 aliphatic carbocycles. The van der Waals surface area contributed by atoms with Gasteiger partial charge in [-0.05, 0) is 24.3 Å². The highest BCUT2D eigenvalue weighted by atomic mass is 35.5. The molecular weight excluding hydrogens is 314 g/mol. The molecule has 6 nitrogen and oxygen atoms in total. The minimum absolute atomic E-state index is 0.0198. The van der Waals surface area contributed by atoms with E-state index in [1.807, 2.05) is 0 Å². The van der Waals surface area contributed by atoms with Crippen LogP contribution in [0.3, 0.4) is 0 Å². The zero-order valence-corrected chi connectivity index (χ0v) is 12.7. The molecule has 0 saturated heterocycles. The van der Waals surface area contributed by atoms with Crippen LogP contribution in [-0.4, -0.2) is 15.5 Å². The van der Waals surface area contributed by atoms with E-state index in [4.69, 9.17) is 22.2 Å². The summed E-state index contributed by atoms with van der Waals surface area (Å²) >= 11 is 6.00. The van der Waals surface area contributed by atoms with Gasteiger partial charge in [-0.15, -0.1) is 0 Å². The molecule has 0 fully saturated rings. The Hall–Kier alpha value is -1.96. The van der Waals surface area contributed by atoms with E-state index in [-0.39, 0.29) is 21.3 Å². The molecule has 2 aromatic rings. The quantitative estimate of drug-likeness (QED) is 0.579. The Morgan fingerprint density at radius 2 is 1.86 bits per heavy atom. The van der Waals surface area contributed by atoms with Gasteiger partial charge in [-0.3, -0.25) is 10.6 Å². The van der Waals surface area contributed by atoms with Crippen molar-refractivity contribution in [3.8, 4) is 5.75 Å². The first kappa shape index (κ1) is 15.4. The maximum atomic E-state index is 12.4. The SMILES string of the molecule is COc1ccc(Cl)c(NS(=O)(=O)c2ccccc2NN)c1. The average molecular weight is 328 g/mol. The molecule has 0 unspecified atom stereocenters. The zero-order chi connectivity index (χ0) is 15.5. The maximum Gasteiger partial charge on any atom is 0.264 e. The number of nitrogens with two attached hydrogens (primary N) is 1. The fraction of sp³-hybridized carbons (Fsp3) is 0.0769. The summed E-state index contributed by atoms with van der Waals surface area (Å²) in [6, 6.07) is 10.9. The molecule has 0 radical (unpaired) electrons. The van der Waals surface area contributed by atoms with E-state index in [1.165, 1.54) is 19.2 Å².